The number of rotatable bonds is 4. The van der Waals surface area contributed by atoms with Crippen LogP contribution in [-0.4, -0.2) is 33.6 Å². The van der Waals surface area contributed by atoms with E-state index in [-0.39, 0.29) is 6.10 Å². The molecule has 0 aliphatic carbocycles. The van der Waals surface area contributed by atoms with Crippen molar-refractivity contribution in [2.75, 3.05) is 27.5 Å². The van der Waals surface area contributed by atoms with Crippen LogP contribution in [0.15, 0.2) is 0 Å². The number of methoxy groups -OCH3 is 2. The van der Waals surface area contributed by atoms with Crippen LogP contribution in [0.4, 0.5) is 4.39 Å². The number of ether oxygens (including phenoxy) is 2. The van der Waals surface area contributed by atoms with Crippen LogP contribution >= 0.6 is 0 Å². The molecule has 50 valence electrons. The summed E-state index contributed by atoms with van der Waals surface area (Å²) in [6.07, 6.45) is -0.389. The van der Waals surface area contributed by atoms with E-state index >= 15 is 0 Å². The molecule has 0 amide bonds. The molecule has 0 aromatic carbocycles. The minimum Gasteiger partial charge on any atom is -0.382 e. The monoisotopic (exact) mass is 122 g/mol. The summed E-state index contributed by atoms with van der Waals surface area (Å²) in [4.78, 5) is 0. The SMILES string of the molecule is COC[C@@H](CF)OC. The topological polar surface area (TPSA) is 18.5 Å². The fourth-order valence-electron chi connectivity index (χ4n) is 0.361. The molecule has 0 heterocycles. The quantitative estimate of drug-likeness (QED) is 0.544. The highest BCUT2D eigenvalue weighted by molar-refractivity contribution is 4.50. The molecule has 0 bridgehead atoms. The zero-order chi connectivity index (χ0) is 6.41. The van der Waals surface area contributed by atoms with Crippen molar-refractivity contribution >= 4 is 0 Å². The molecule has 0 aromatic heterocycles. The van der Waals surface area contributed by atoms with E-state index in [9.17, 15) is 4.39 Å². The Morgan fingerprint density at radius 1 is 1.50 bits per heavy atom. The van der Waals surface area contributed by atoms with Crippen LogP contribution < -0.4 is 0 Å². The predicted octanol–water partition coefficient (Wildman–Crippen LogP) is 0.617. The van der Waals surface area contributed by atoms with Crippen molar-refractivity contribution in [3.63, 3.8) is 0 Å². The summed E-state index contributed by atoms with van der Waals surface area (Å²) in [5, 5.41) is 0. The Kier molecular flexibility index (Phi) is 4.90. The first-order chi connectivity index (χ1) is 3.85. The first-order valence-corrected chi connectivity index (χ1v) is 2.42. The van der Waals surface area contributed by atoms with Gasteiger partial charge in [0.2, 0.25) is 0 Å². The molecule has 8 heavy (non-hydrogen) atoms. The van der Waals surface area contributed by atoms with Crippen molar-refractivity contribution in [2.45, 2.75) is 6.10 Å². The Balaban J connectivity index is 3.07. The van der Waals surface area contributed by atoms with Gasteiger partial charge in [-0.25, -0.2) is 4.39 Å². The van der Waals surface area contributed by atoms with Gasteiger partial charge in [-0.2, -0.15) is 0 Å². The van der Waals surface area contributed by atoms with Crippen molar-refractivity contribution in [1.82, 2.24) is 0 Å². The minimum atomic E-state index is -0.482. The molecular formula is C5H11FO2. The lowest BCUT2D eigenvalue weighted by molar-refractivity contribution is 0.0141. The highest BCUT2D eigenvalue weighted by Crippen LogP contribution is 1.89. The van der Waals surface area contributed by atoms with Gasteiger partial charge in [0.25, 0.3) is 0 Å². The van der Waals surface area contributed by atoms with Crippen LogP contribution in [-0.2, 0) is 9.47 Å². The summed E-state index contributed by atoms with van der Waals surface area (Å²) in [6, 6.07) is 0. The molecule has 0 aromatic rings. The van der Waals surface area contributed by atoms with Crippen LogP contribution in [0, 0.1) is 0 Å². The lowest BCUT2D eigenvalue weighted by Crippen LogP contribution is -2.18. The molecular weight excluding hydrogens is 111 g/mol. The van der Waals surface area contributed by atoms with E-state index in [0.717, 1.165) is 0 Å². The maximum absolute atomic E-state index is 11.6. The van der Waals surface area contributed by atoms with Gasteiger partial charge in [0, 0.05) is 14.2 Å². The second-order valence-electron chi connectivity index (χ2n) is 1.47. The smallest absolute Gasteiger partial charge is 0.118 e. The third kappa shape index (κ3) is 2.93. The van der Waals surface area contributed by atoms with Crippen molar-refractivity contribution < 1.29 is 13.9 Å². The van der Waals surface area contributed by atoms with Crippen molar-refractivity contribution in [2.24, 2.45) is 0 Å². The van der Waals surface area contributed by atoms with Gasteiger partial charge in [0.1, 0.15) is 12.8 Å². The van der Waals surface area contributed by atoms with Gasteiger partial charge in [-0.1, -0.05) is 0 Å². The third-order valence-electron chi connectivity index (χ3n) is 0.858. The third-order valence-corrected chi connectivity index (χ3v) is 0.858. The summed E-state index contributed by atoms with van der Waals surface area (Å²) in [5.41, 5.74) is 0. The molecule has 0 aliphatic rings. The first-order valence-electron chi connectivity index (χ1n) is 2.42. The molecule has 3 heteroatoms. The number of hydrogen-bond donors (Lipinski definition) is 0. The van der Waals surface area contributed by atoms with Gasteiger partial charge in [-0.3, -0.25) is 0 Å². The van der Waals surface area contributed by atoms with E-state index < -0.39 is 6.67 Å². The Labute approximate surface area is 48.6 Å². The number of hydrogen-bond acceptors (Lipinski definition) is 2. The van der Waals surface area contributed by atoms with Crippen molar-refractivity contribution in [3.8, 4) is 0 Å². The second kappa shape index (κ2) is 5.00. The van der Waals surface area contributed by atoms with Gasteiger partial charge >= 0.3 is 0 Å². The van der Waals surface area contributed by atoms with E-state index in [1.54, 1.807) is 0 Å². The van der Waals surface area contributed by atoms with E-state index in [1.165, 1.54) is 14.2 Å². The molecule has 1 atom stereocenters. The molecule has 0 unspecified atom stereocenters. The lowest BCUT2D eigenvalue weighted by Gasteiger charge is -2.07. The Bertz CT molecular complexity index is 45.7. The molecule has 0 fully saturated rings. The summed E-state index contributed by atoms with van der Waals surface area (Å²) in [5.74, 6) is 0. The average Bonchev–Trinajstić information content (AvgIpc) is 1.83. The standard InChI is InChI=1S/C5H11FO2/c1-7-4-5(3-6)8-2/h5H,3-4H2,1-2H3/t5-/m1/s1. The summed E-state index contributed by atoms with van der Waals surface area (Å²) in [7, 11) is 2.98. The normalized spacial score (nSPS) is 13.9. The summed E-state index contributed by atoms with van der Waals surface area (Å²) < 4.78 is 20.9. The Morgan fingerprint density at radius 3 is 2.25 bits per heavy atom. The van der Waals surface area contributed by atoms with E-state index in [0.29, 0.717) is 6.61 Å². The van der Waals surface area contributed by atoms with Crippen LogP contribution in [0.3, 0.4) is 0 Å². The van der Waals surface area contributed by atoms with Crippen LogP contribution in [0.2, 0.25) is 0 Å². The van der Waals surface area contributed by atoms with Crippen LogP contribution in [0.25, 0.3) is 0 Å². The van der Waals surface area contributed by atoms with Gasteiger partial charge in [0.05, 0.1) is 6.61 Å². The maximum Gasteiger partial charge on any atom is 0.118 e. The minimum absolute atomic E-state index is 0.326. The van der Waals surface area contributed by atoms with Gasteiger partial charge in [-0.05, 0) is 0 Å². The molecule has 0 radical (unpaired) electrons. The highest BCUT2D eigenvalue weighted by atomic mass is 19.1. The summed E-state index contributed by atoms with van der Waals surface area (Å²) in [6.45, 7) is -0.155. The van der Waals surface area contributed by atoms with Crippen molar-refractivity contribution in [1.29, 1.82) is 0 Å². The number of halogens is 1. The molecule has 2 nitrogen and oxygen atoms in total. The molecule has 0 aliphatic heterocycles. The van der Waals surface area contributed by atoms with Gasteiger partial charge in [0.15, 0.2) is 0 Å². The molecule has 0 saturated carbocycles. The Hall–Kier alpha value is -0.150. The molecule has 0 spiro atoms. The first kappa shape index (κ1) is 7.85. The molecule has 0 N–H and O–H groups in total. The van der Waals surface area contributed by atoms with Crippen LogP contribution in [0.1, 0.15) is 0 Å². The zero-order valence-electron chi connectivity index (χ0n) is 5.19. The largest absolute Gasteiger partial charge is 0.382 e. The van der Waals surface area contributed by atoms with E-state index in [4.69, 9.17) is 0 Å². The fraction of sp³-hybridized carbons (Fsp3) is 1.00. The second-order valence-corrected chi connectivity index (χ2v) is 1.47. The zero-order valence-corrected chi connectivity index (χ0v) is 5.19. The van der Waals surface area contributed by atoms with E-state index in [1.807, 2.05) is 0 Å². The highest BCUT2D eigenvalue weighted by Gasteiger charge is 2.03. The summed E-state index contributed by atoms with van der Waals surface area (Å²) >= 11 is 0. The van der Waals surface area contributed by atoms with E-state index in [2.05, 4.69) is 9.47 Å². The maximum atomic E-state index is 11.6. The van der Waals surface area contributed by atoms with Gasteiger partial charge in [-0.15, -0.1) is 0 Å². The van der Waals surface area contributed by atoms with Gasteiger partial charge < -0.3 is 9.47 Å². The number of alkyl halides is 1. The lowest BCUT2D eigenvalue weighted by atomic mass is 10.4. The average molecular weight is 122 g/mol. The fourth-order valence-corrected chi connectivity index (χ4v) is 0.361. The predicted molar refractivity (Wildman–Crippen MR) is 28.6 cm³/mol. The molecule has 0 saturated heterocycles. The van der Waals surface area contributed by atoms with Crippen LogP contribution in [0.5, 0.6) is 0 Å². The Morgan fingerprint density at radius 2 is 2.12 bits per heavy atom. The molecule has 0 rings (SSSR count). The van der Waals surface area contributed by atoms with Crippen molar-refractivity contribution in [3.05, 3.63) is 0 Å².